The van der Waals surface area contributed by atoms with Crippen molar-refractivity contribution in [3.05, 3.63) is 0 Å². The van der Waals surface area contributed by atoms with Crippen LogP contribution >= 0.6 is 0 Å². The molecule has 1 heterocycles. The lowest BCUT2D eigenvalue weighted by Gasteiger charge is -2.38. The van der Waals surface area contributed by atoms with E-state index in [4.69, 9.17) is 4.74 Å². The second-order valence-corrected chi connectivity index (χ2v) is 4.31. The van der Waals surface area contributed by atoms with E-state index in [9.17, 15) is 4.79 Å². The third-order valence-corrected chi connectivity index (χ3v) is 3.67. The summed E-state index contributed by atoms with van der Waals surface area (Å²) in [5.74, 6) is 1.38. The van der Waals surface area contributed by atoms with E-state index < -0.39 is 0 Å². The van der Waals surface area contributed by atoms with E-state index in [0.717, 1.165) is 12.8 Å². The molecule has 60 valence electrons. The third kappa shape index (κ3) is 0.527. The Labute approximate surface area is 65.9 Å². The van der Waals surface area contributed by atoms with Gasteiger partial charge in [0, 0.05) is 5.92 Å². The minimum absolute atomic E-state index is 0.300. The standard InChI is InChI=1S/C9H12O2/c1-9-3-2-5-4-6(11-9)7(5)8(9)10/h5-7H,2-4H2,1H3. The van der Waals surface area contributed by atoms with Gasteiger partial charge in [-0.3, -0.25) is 4.79 Å². The van der Waals surface area contributed by atoms with Crippen LogP contribution in [0.4, 0.5) is 0 Å². The zero-order chi connectivity index (χ0) is 7.64. The summed E-state index contributed by atoms with van der Waals surface area (Å²) in [4.78, 5) is 11.6. The SMILES string of the molecule is CC12CCC3CC(O1)C3C2=O. The average molecular weight is 152 g/mol. The number of ether oxygens (including phenoxy) is 1. The average Bonchev–Trinajstić information content (AvgIpc) is 2.10. The molecular weight excluding hydrogens is 140 g/mol. The molecule has 2 bridgehead atoms. The van der Waals surface area contributed by atoms with Crippen molar-refractivity contribution in [2.45, 2.75) is 37.9 Å². The summed E-state index contributed by atoms with van der Waals surface area (Å²) in [5, 5.41) is 0. The zero-order valence-corrected chi connectivity index (χ0v) is 6.67. The maximum Gasteiger partial charge on any atom is 0.170 e. The molecule has 0 amide bonds. The number of hydrogen-bond donors (Lipinski definition) is 0. The highest BCUT2D eigenvalue weighted by Gasteiger charge is 2.63. The fourth-order valence-corrected chi connectivity index (χ4v) is 2.89. The highest BCUT2D eigenvalue weighted by molar-refractivity contribution is 5.93. The van der Waals surface area contributed by atoms with Gasteiger partial charge in [-0.25, -0.2) is 0 Å². The van der Waals surface area contributed by atoms with Gasteiger partial charge in [-0.1, -0.05) is 0 Å². The molecule has 0 aromatic carbocycles. The number of rotatable bonds is 0. The van der Waals surface area contributed by atoms with Gasteiger partial charge < -0.3 is 4.74 Å². The number of ketones is 1. The van der Waals surface area contributed by atoms with E-state index in [1.54, 1.807) is 0 Å². The van der Waals surface area contributed by atoms with Crippen molar-refractivity contribution in [2.75, 3.05) is 0 Å². The minimum Gasteiger partial charge on any atom is -0.363 e. The van der Waals surface area contributed by atoms with Crippen LogP contribution in [0.15, 0.2) is 0 Å². The van der Waals surface area contributed by atoms with Crippen LogP contribution in [0.2, 0.25) is 0 Å². The second kappa shape index (κ2) is 1.53. The molecule has 4 atom stereocenters. The topological polar surface area (TPSA) is 26.3 Å². The summed E-state index contributed by atoms with van der Waals surface area (Å²) in [6.07, 6.45) is 3.62. The van der Waals surface area contributed by atoms with Crippen molar-refractivity contribution in [3.8, 4) is 0 Å². The van der Waals surface area contributed by atoms with Gasteiger partial charge in [0.1, 0.15) is 5.60 Å². The molecule has 3 aliphatic rings. The van der Waals surface area contributed by atoms with Gasteiger partial charge in [0.15, 0.2) is 5.78 Å². The smallest absolute Gasteiger partial charge is 0.170 e. The molecule has 2 heteroatoms. The Balaban J connectivity index is 2.07. The fourth-order valence-electron chi connectivity index (χ4n) is 2.89. The second-order valence-electron chi connectivity index (χ2n) is 4.31. The highest BCUT2D eigenvalue weighted by Crippen LogP contribution is 2.55. The van der Waals surface area contributed by atoms with Crippen LogP contribution in [-0.4, -0.2) is 17.5 Å². The van der Waals surface area contributed by atoms with Crippen LogP contribution in [0.25, 0.3) is 0 Å². The molecular formula is C9H12O2. The van der Waals surface area contributed by atoms with E-state index in [2.05, 4.69) is 0 Å². The summed E-state index contributed by atoms with van der Waals surface area (Å²) < 4.78 is 5.70. The molecule has 2 nitrogen and oxygen atoms in total. The molecule has 0 aromatic heterocycles. The van der Waals surface area contributed by atoms with Crippen LogP contribution in [0.5, 0.6) is 0 Å². The monoisotopic (exact) mass is 152 g/mol. The summed E-state index contributed by atoms with van der Waals surface area (Å²) in [5.41, 5.74) is -0.373. The molecule has 0 radical (unpaired) electrons. The van der Waals surface area contributed by atoms with Crippen molar-refractivity contribution in [1.82, 2.24) is 0 Å². The Bertz CT molecular complexity index is 236. The van der Waals surface area contributed by atoms with Gasteiger partial charge in [0.25, 0.3) is 0 Å². The summed E-state index contributed by atoms with van der Waals surface area (Å²) in [6, 6.07) is 0. The van der Waals surface area contributed by atoms with Crippen molar-refractivity contribution in [1.29, 1.82) is 0 Å². The molecule has 1 aliphatic heterocycles. The number of carbonyl (C=O) groups excluding carboxylic acids is 1. The lowest BCUT2D eigenvalue weighted by atomic mass is 9.62. The van der Waals surface area contributed by atoms with Crippen LogP contribution in [0.1, 0.15) is 26.2 Å². The molecule has 3 fully saturated rings. The normalized spacial score (nSPS) is 59.4. The summed E-state index contributed by atoms with van der Waals surface area (Å²) >= 11 is 0. The Morgan fingerprint density at radius 1 is 1.64 bits per heavy atom. The van der Waals surface area contributed by atoms with Gasteiger partial charge in [-0.05, 0) is 32.1 Å². The van der Waals surface area contributed by atoms with E-state index >= 15 is 0 Å². The first kappa shape index (κ1) is 6.18. The lowest BCUT2D eigenvalue weighted by Crippen LogP contribution is -2.46. The largest absolute Gasteiger partial charge is 0.363 e. The Morgan fingerprint density at radius 3 is 3.18 bits per heavy atom. The predicted molar refractivity (Wildman–Crippen MR) is 39.1 cm³/mol. The van der Waals surface area contributed by atoms with Crippen molar-refractivity contribution in [3.63, 3.8) is 0 Å². The Morgan fingerprint density at radius 2 is 2.45 bits per heavy atom. The molecule has 11 heavy (non-hydrogen) atoms. The van der Waals surface area contributed by atoms with Gasteiger partial charge in [-0.15, -0.1) is 0 Å². The number of Topliss-reactive ketones (excluding diaryl/α,β-unsaturated/α-hetero) is 1. The van der Waals surface area contributed by atoms with Crippen molar-refractivity contribution in [2.24, 2.45) is 11.8 Å². The third-order valence-electron chi connectivity index (χ3n) is 3.67. The highest BCUT2D eigenvalue weighted by atomic mass is 16.5. The maximum atomic E-state index is 11.6. The predicted octanol–water partition coefficient (Wildman–Crippen LogP) is 1.14. The Kier molecular flexibility index (Phi) is 0.861. The first-order valence-corrected chi connectivity index (χ1v) is 4.43. The molecule has 0 N–H and O–H groups in total. The number of fused-ring (bicyclic) bond motifs is 1. The number of hydrogen-bond acceptors (Lipinski definition) is 2. The zero-order valence-electron chi connectivity index (χ0n) is 6.67. The van der Waals surface area contributed by atoms with Gasteiger partial charge in [-0.2, -0.15) is 0 Å². The quantitative estimate of drug-likeness (QED) is 0.520. The molecule has 0 spiro atoms. The van der Waals surface area contributed by atoms with E-state index in [-0.39, 0.29) is 5.60 Å². The first-order chi connectivity index (χ1) is 5.21. The lowest BCUT2D eigenvalue weighted by molar-refractivity contribution is -0.134. The summed E-state index contributed by atoms with van der Waals surface area (Å²) in [6.45, 7) is 1.96. The van der Waals surface area contributed by atoms with Crippen LogP contribution in [-0.2, 0) is 9.53 Å². The molecule has 3 rings (SSSR count). The van der Waals surface area contributed by atoms with E-state index in [1.165, 1.54) is 6.42 Å². The number of carbonyl (C=O) groups is 1. The van der Waals surface area contributed by atoms with Crippen LogP contribution < -0.4 is 0 Å². The molecule has 1 saturated heterocycles. The van der Waals surface area contributed by atoms with Gasteiger partial charge in [0.2, 0.25) is 0 Å². The van der Waals surface area contributed by atoms with Crippen LogP contribution in [0, 0.1) is 11.8 Å². The maximum absolute atomic E-state index is 11.6. The van der Waals surface area contributed by atoms with Crippen molar-refractivity contribution < 1.29 is 9.53 Å². The summed E-state index contributed by atoms with van der Waals surface area (Å²) in [7, 11) is 0. The first-order valence-electron chi connectivity index (χ1n) is 4.43. The van der Waals surface area contributed by atoms with E-state index in [1.807, 2.05) is 6.92 Å². The molecule has 0 aromatic rings. The van der Waals surface area contributed by atoms with Crippen molar-refractivity contribution >= 4 is 5.78 Å². The Hall–Kier alpha value is -0.370. The molecule has 2 aliphatic carbocycles. The van der Waals surface area contributed by atoms with Gasteiger partial charge in [0.05, 0.1) is 6.10 Å². The van der Waals surface area contributed by atoms with E-state index in [0.29, 0.717) is 23.7 Å². The van der Waals surface area contributed by atoms with Gasteiger partial charge >= 0.3 is 0 Å². The molecule has 4 unspecified atom stereocenters. The van der Waals surface area contributed by atoms with Crippen LogP contribution in [0.3, 0.4) is 0 Å². The fraction of sp³-hybridized carbons (Fsp3) is 0.889. The molecule has 2 saturated carbocycles. The minimum atomic E-state index is -0.373.